The number of nitrogens with zero attached hydrogens (tertiary/aromatic N) is 1. The summed E-state index contributed by atoms with van der Waals surface area (Å²) in [5, 5.41) is 0.311. The molecule has 4 rings (SSSR count). The molecule has 2 aromatic carbocycles. The Morgan fingerprint density at radius 1 is 1.20 bits per heavy atom. The lowest BCUT2D eigenvalue weighted by Gasteiger charge is -2.32. The Hall–Kier alpha value is -1.61. The lowest BCUT2D eigenvalue weighted by molar-refractivity contribution is -0.137. The number of halogens is 4. The summed E-state index contributed by atoms with van der Waals surface area (Å²) in [5.74, 6) is 0.770. The van der Waals surface area contributed by atoms with Crippen LogP contribution in [0.25, 0.3) is 0 Å². The first-order chi connectivity index (χ1) is 14.3. The van der Waals surface area contributed by atoms with E-state index in [9.17, 15) is 13.2 Å². The Morgan fingerprint density at radius 2 is 1.97 bits per heavy atom. The van der Waals surface area contributed by atoms with Gasteiger partial charge in [-0.15, -0.1) is 0 Å². The minimum absolute atomic E-state index is 0.283. The highest BCUT2D eigenvalue weighted by Crippen LogP contribution is 2.41. The van der Waals surface area contributed by atoms with Crippen LogP contribution in [0.4, 0.5) is 18.9 Å². The van der Waals surface area contributed by atoms with E-state index >= 15 is 0 Å². The topological polar surface area (TPSA) is 30.9 Å². The molecule has 2 heterocycles. The van der Waals surface area contributed by atoms with E-state index in [2.05, 4.69) is 11.0 Å². The van der Waals surface area contributed by atoms with E-state index in [0.717, 1.165) is 47.1 Å². The van der Waals surface area contributed by atoms with Gasteiger partial charge in [-0.25, -0.2) is 0 Å². The number of ether oxygens (including phenoxy) is 2. The van der Waals surface area contributed by atoms with Gasteiger partial charge in [-0.05, 0) is 41.5 Å². The summed E-state index contributed by atoms with van der Waals surface area (Å²) in [6, 6.07) is 7.45. The molecule has 2 aliphatic rings. The van der Waals surface area contributed by atoms with Crippen LogP contribution in [0.2, 0.25) is 5.02 Å². The average Bonchev–Trinajstić information content (AvgIpc) is 2.74. The van der Waals surface area contributed by atoms with Gasteiger partial charge in [0.05, 0.1) is 37.7 Å². The number of hydrogen-bond acceptors (Lipinski definition) is 5. The Labute approximate surface area is 182 Å². The molecule has 0 saturated carbocycles. The van der Waals surface area contributed by atoms with Gasteiger partial charge in [0.25, 0.3) is 0 Å². The van der Waals surface area contributed by atoms with Crippen LogP contribution in [0.5, 0.6) is 5.75 Å². The zero-order valence-electron chi connectivity index (χ0n) is 16.3. The lowest BCUT2D eigenvalue weighted by atomic mass is 9.99. The Morgan fingerprint density at radius 3 is 2.67 bits per heavy atom. The van der Waals surface area contributed by atoms with Crippen molar-refractivity contribution in [3.63, 3.8) is 0 Å². The molecule has 1 unspecified atom stereocenters. The van der Waals surface area contributed by atoms with Crippen LogP contribution < -0.4 is 9.64 Å². The van der Waals surface area contributed by atoms with E-state index < -0.39 is 11.7 Å². The molecule has 9 heteroatoms. The molecule has 0 radical (unpaired) electrons. The summed E-state index contributed by atoms with van der Waals surface area (Å²) >= 11 is 7.40. The van der Waals surface area contributed by atoms with E-state index in [1.54, 1.807) is 7.11 Å². The maximum absolute atomic E-state index is 13.1. The van der Waals surface area contributed by atoms with Gasteiger partial charge in [0.15, 0.2) is 0 Å². The van der Waals surface area contributed by atoms with Crippen molar-refractivity contribution in [3.8, 4) is 5.75 Å². The van der Waals surface area contributed by atoms with Crippen molar-refractivity contribution in [1.82, 2.24) is 0 Å². The second-order valence-electron chi connectivity index (χ2n) is 7.24. The molecular formula is C21H21ClF3NO3S. The molecule has 0 spiro atoms. The molecule has 0 amide bonds. The number of hydrogen-bond donors (Lipinski definition) is 0. The van der Waals surface area contributed by atoms with Crippen molar-refractivity contribution in [3.05, 3.63) is 52.0 Å². The molecule has 0 bridgehead atoms. The fourth-order valence-electron chi connectivity index (χ4n) is 3.70. The largest absolute Gasteiger partial charge is 0.495 e. The van der Waals surface area contributed by atoms with Crippen LogP contribution in [0.15, 0.2) is 35.2 Å². The number of methoxy groups -OCH3 is 1. The van der Waals surface area contributed by atoms with Gasteiger partial charge in [0.2, 0.25) is 0 Å². The van der Waals surface area contributed by atoms with Gasteiger partial charge < -0.3 is 18.6 Å². The smallest absolute Gasteiger partial charge is 0.416 e. The minimum atomic E-state index is -4.41. The van der Waals surface area contributed by atoms with Crippen LogP contribution in [0.3, 0.4) is 0 Å². The minimum Gasteiger partial charge on any atom is -0.495 e. The zero-order valence-corrected chi connectivity index (χ0v) is 17.9. The normalized spacial score (nSPS) is 19.5. The van der Waals surface area contributed by atoms with Crippen LogP contribution in [-0.2, 0) is 27.9 Å². The molecule has 1 saturated heterocycles. The highest BCUT2D eigenvalue weighted by atomic mass is 35.5. The molecule has 2 aromatic rings. The summed E-state index contributed by atoms with van der Waals surface area (Å²) in [4.78, 5) is 3.18. The summed E-state index contributed by atoms with van der Waals surface area (Å²) in [6.07, 6.45) is -3.81. The number of rotatable bonds is 4. The van der Waals surface area contributed by atoms with Gasteiger partial charge in [-0.1, -0.05) is 11.6 Å². The van der Waals surface area contributed by atoms with E-state index in [-0.39, 0.29) is 6.10 Å². The van der Waals surface area contributed by atoms with Crippen molar-refractivity contribution in [2.75, 3.05) is 38.3 Å². The molecule has 2 aliphatic heterocycles. The molecule has 162 valence electrons. The molecule has 1 atom stereocenters. The summed E-state index contributed by atoms with van der Waals surface area (Å²) in [7, 11) is 1.64. The molecule has 4 nitrogen and oxygen atoms in total. The summed E-state index contributed by atoms with van der Waals surface area (Å²) < 4.78 is 56.1. The monoisotopic (exact) mass is 459 g/mol. The first-order valence-electron chi connectivity index (χ1n) is 9.57. The van der Waals surface area contributed by atoms with E-state index in [4.69, 9.17) is 25.3 Å². The third-order valence-corrected chi connectivity index (χ3v) is 6.55. The zero-order chi connectivity index (χ0) is 21.3. The van der Waals surface area contributed by atoms with Crippen LogP contribution in [0, 0.1) is 0 Å². The number of alkyl halides is 3. The van der Waals surface area contributed by atoms with Crippen LogP contribution >= 0.6 is 23.6 Å². The fraction of sp³-hybridized carbons (Fsp3) is 0.429. The van der Waals surface area contributed by atoms with Gasteiger partial charge in [-0.3, -0.25) is 0 Å². The van der Waals surface area contributed by atoms with Crippen molar-refractivity contribution in [1.29, 1.82) is 0 Å². The Kier molecular flexibility index (Phi) is 6.39. The second-order valence-corrected chi connectivity index (χ2v) is 8.45. The van der Waals surface area contributed by atoms with Gasteiger partial charge >= 0.3 is 6.18 Å². The van der Waals surface area contributed by atoms with E-state index in [0.29, 0.717) is 36.6 Å². The fourth-order valence-corrected chi connectivity index (χ4v) is 4.68. The molecule has 30 heavy (non-hydrogen) atoms. The maximum atomic E-state index is 13.1. The average molecular weight is 460 g/mol. The number of morpholine rings is 1. The van der Waals surface area contributed by atoms with Crippen molar-refractivity contribution >= 4 is 29.3 Å². The SMILES string of the molecule is COc1cc2c(cc1N1CCOCC1)CC(Cc1cc(C(F)(F)F)ccc1Cl)OS2. The Bertz CT molecular complexity index is 919. The molecule has 0 aliphatic carbocycles. The summed E-state index contributed by atoms with van der Waals surface area (Å²) in [5.41, 5.74) is 1.81. The van der Waals surface area contributed by atoms with E-state index in [1.807, 2.05) is 6.07 Å². The highest BCUT2D eigenvalue weighted by molar-refractivity contribution is 7.94. The second kappa shape index (κ2) is 8.86. The van der Waals surface area contributed by atoms with Crippen molar-refractivity contribution in [2.24, 2.45) is 0 Å². The number of fused-ring (bicyclic) bond motifs is 1. The van der Waals surface area contributed by atoms with E-state index in [1.165, 1.54) is 18.1 Å². The van der Waals surface area contributed by atoms with Crippen LogP contribution in [-0.4, -0.2) is 39.5 Å². The Balaban J connectivity index is 1.56. The lowest BCUT2D eigenvalue weighted by Crippen LogP contribution is -2.36. The first-order valence-corrected chi connectivity index (χ1v) is 10.7. The van der Waals surface area contributed by atoms with Crippen molar-refractivity contribution < 1.29 is 26.8 Å². The highest BCUT2D eigenvalue weighted by Gasteiger charge is 2.32. The predicted molar refractivity (Wildman–Crippen MR) is 111 cm³/mol. The third kappa shape index (κ3) is 4.66. The molecule has 0 aromatic heterocycles. The standard InChI is InChI=1S/C21H21ClF3NO3S/c1-27-19-12-20-14(11-18(19)26-4-6-28-7-5-26)10-16(29-30-20)9-13-8-15(21(23,24)25)2-3-17(13)22/h2-3,8,11-12,16H,4-7,9-10H2,1H3. The first kappa shape index (κ1) is 21.6. The number of benzene rings is 2. The predicted octanol–water partition coefficient (Wildman–Crippen LogP) is 5.40. The third-order valence-electron chi connectivity index (χ3n) is 5.26. The van der Waals surface area contributed by atoms with Gasteiger partial charge in [0.1, 0.15) is 5.75 Å². The van der Waals surface area contributed by atoms with Gasteiger partial charge in [0, 0.05) is 47.9 Å². The maximum Gasteiger partial charge on any atom is 0.416 e. The molecule has 1 fully saturated rings. The molecule has 0 N–H and O–H groups in total. The van der Waals surface area contributed by atoms with Crippen LogP contribution in [0.1, 0.15) is 16.7 Å². The summed E-state index contributed by atoms with van der Waals surface area (Å²) in [6.45, 7) is 2.88. The number of anilines is 1. The molecular weight excluding hydrogens is 439 g/mol. The van der Waals surface area contributed by atoms with Crippen molar-refractivity contribution in [2.45, 2.75) is 30.0 Å². The van der Waals surface area contributed by atoms with Gasteiger partial charge in [-0.2, -0.15) is 13.2 Å². The quantitative estimate of drug-likeness (QED) is 0.572.